The lowest BCUT2D eigenvalue weighted by Crippen LogP contribution is -2.13. The number of halogens is 1. The first-order valence-electron chi connectivity index (χ1n) is 4.75. The molecule has 18 heavy (non-hydrogen) atoms. The normalized spacial score (nSPS) is 12.9. The second kappa shape index (κ2) is 4.50. The Hall–Kier alpha value is -1.74. The van der Waals surface area contributed by atoms with Gasteiger partial charge in [-0.15, -0.1) is 3.89 Å². The van der Waals surface area contributed by atoms with E-state index in [0.29, 0.717) is 15.4 Å². The molecule has 0 bridgehead atoms. The molecule has 0 saturated carbocycles. The van der Waals surface area contributed by atoms with Crippen molar-refractivity contribution in [2.24, 2.45) is 18.0 Å². The zero-order chi connectivity index (χ0) is 13.3. The van der Waals surface area contributed by atoms with Gasteiger partial charge in [0.2, 0.25) is 4.80 Å². The molecule has 96 valence electrons. The van der Waals surface area contributed by atoms with Crippen LogP contribution in [0.3, 0.4) is 0 Å². The van der Waals surface area contributed by atoms with Crippen molar-refractivity contribution in [3.05, 3.63) is 29.1 Å². The minimum absolute atomic E-state index is 0.379. The van der Waals surface area contributed by atoms with Crippen LogP contribution in [0.25, 0.3) is 10.6 Å². The van der Waals surface area contributed by atoms with Crippen molar-refractivity contribution in [1.82, 2.24) is 9.78 Å². The molecule has 2 aromatic rings. The first kappa shape index (κ1) is 12.7. The molecule has 2 rings (SSSR count). The molecule has 0 aliphatic carbocycles. The number of benzene rings is 1. The van der Waals surface area contributed by atoms with E-state index in [9.17, 15) is 12.3 Å². The highest BCUT2D eigenvalue weighted by Gasteiger charge is 2.12. The standard InChI is InChI=1S/C9H9FN4O2S2/c1-14-9(12-11)17-8(13-14)6-2-4-7(5-3-6)18(10,15)16/h2-5H,11H2,1H3. The maximum absolute atomic E-state index is 12.7. The molecule has 1 aromatic carbocycles. The highest BCUT2D eigenvalue weighted by molar-refractivity contribution is 7.86. The van der Waals surface area contributed by atoms with Crippen molar-refractivity contribution in [3.8, 4) is 10.6 Å². The van der Waals surface area contributed by atoms with Crippen molar-refractivity contribution in [2.75, 3.05) is 0 Å². The Labute approximate surface area is 106 Å². The largest absolute Gasteiger partial charge is 0.332 e. The second-order valence-electron chi connectivity index (χ2n) is 3.40. The van der Waals surface area contributed by atoms with Gasteiger partial charge in [-0.25, -0.2) is 4.68 Å². The maximum Gasteiger partial charge on any atom is 0.332 e. The summed E-state index contributed by atoms with van der Waals surface area (Å²) in [5, 5.41) is 8.31. The summed E-state index contributed by atoms with van der Waals surface area (Å²) in [6.07, 6.45) is 0. The molecule has 0 radical (unpaired) electrons. The van der Waals surface area contributed by atoms with Gasteiger partial charge >= 0.3 is 10.2 Å². The third-order valence-electron chi connectivity index (χ3n) is 2.20. The van der Waals surface area contributed by atoms with E-state index in [4.69, 9.17) is 5.84 Å². The Morgan fingerprint density at radius 1 is 1.39 bits per heavy atom. The summed E-state index contributed by atoms with van der Waals surface area (Å²) in [5.41, 5.74) is 0.665. The first-order chi connectivity index (χ1) is 8.41. The van der Waals surface area contributed by atoms with Gasteiger partial charge in [-0.2, -0.15) is 18.6 Å². The summed E-state index contributed by atoms with van der Waals surface area (Å²) >= 11 is 1.24. The van der Waals surface area contributed by atoms with Gasteiger partial charge in [0.1, 0.15) is 5.01 Å². The van der Waals surface area contributed by atoms with E-state index in [1.165, 1.54) is 40.3 Å². The van der Waals surface area contributed by atoms with Gasteiger partial charge < -0.3 is 5.84 Å². The van der Waals surface area contributed by atoms with E-state index in [2.05, 4.69) is 10.2 Å². The minimum atomic E-state index is -4.67. The maximum atomic E-state index is 12.7. The quantitative estimate of drug-likeness (QED) is 0.497. The first-order valence-corrected chi connectivity index (χ1v) is 6.95. The lowest BCUT2D eigenvalue weighted by Gasteiger charge is -1.97. The minimum Gasteiger partial charge on any atom is -0.320 e. The zero-order valence-electron chi connectivity index (χ0n) is 9.24. The van der Waals surface area contributed by atoms with Crippen molar-refractivity contribution in [1.29, 1.82) is 0 Å². The molecule has 0 fully saturated rings. The smallest absolute Gasteiger partial charge is 0.320 e. The second-order valence-corrected chi connectivity index (χ2v) is 5.71. The number of nitrogens with two attached hydrogens (primary N) is 1. The number of aromatic nitrogens is 2. The van der Waals surface area contributed by atoms with Gasteiger partial charge in [0.05, 0.1) is 4.90 Å². The summed E-state index contributed by atoms with van der Waals surface area (Å²) in [6.45, 7) is 0. The molecule has 0 spiro atoms. The molecular formula is C9H9FN4O2S2. The number of nitrogens with zero attached hydrogens (tertiary/aromatic N) is 3. The fourth-order valence-electron chi connectivity index (χ4n) is 1.34. The molecule has 0 aliphatic heterocycles. The number of rotatable bonds is 2. The molecule has 0 unspecified atom stereocenters. The Bertz CT molecular complexity index is 731. The van der Waals surface area contributed by atoms with E-state index in [0.717, 1.165) is 0 Å². The van der Waals surface area contributed by atoms with Crippen molar-refractivity contribution >= 4 is 21.6 Å². The van der Waals surface area contributed by atoms with Crippen LogP contribution in [0.2, 0.25) is 0 Å². The van der Waals surface area contributed by atoms with Gasteiger partial charge in [0.25, 0.3) is 0 Å². The van der Waals surface area contributed by atoms with Gasteiger partial charge in [0.15, 0.2) is 0 Å². The SMILES string of the molecule is Cn1nc(-c2ccc(S(=O)(=O)F)cc2)sc1=NN. The van der Waals surface area contributed by atoms with E-state index in [-0.39, 0.29) is 4.90 Å². The van der Waals surface area contributed by atoms with Gasteiger partial charge in [-0.3, -0.25) is 0 Å². The molecule has 0 amide bonds. The van der Waals surface area contributed by atoms with Crippen molar-refractivity contribution in [2.45, 2.75) is 4.90 Å². The van der Waals surface area contributed by atoms with E-state index >= 15 is 0 Å². The van der Waals surface area contributed by atoms with Crippen LogP contribution >= 0.6 is 11.3 Å². The Morgan fingerprint density at radius 2 is 2.00 bits per heavy atom. The number of aryl methyl sites for hydroxylation is 1. The van der Waals surface area contributed by atoms with Crippen LogP contribution in [-0.4, -0.2) is 18.2 Å². The molecule has 2 N–H and O–H groups in total. The van der Waals surface area contributed by atoms with Crippen LogP contribution in [0.15, 0.2) is 34.3 Å². The highest BCUT2D eigenvalue weighted by Crippen LogP contribution is 2.21. The molecule has 0 aliphatic rings. The zero-order valence-corrected chi connectivity index (χ0v) is 10.9. The van der Waals surface area contributed by atoms with Gasteiger partial charge in [0, 0.05) is 12.6 Å². The van der Waals surface area contributed by atoms with E-state index in [1.807, 2.05) is 0 Å². The summed E-state index contributed by atoms with van der Waals surface area (Å²) in [4.78, 5) is 0.142. The van der Waals surface area contributed by atoms with Crippen molar-refractivity contribution < 1.29 is 12.3 Å². The molecule has 1 heterocycles. The van der Waals surface area contributed by atoms with Crippen LogP contribution < -0.4 is 10.6 Å². The molecule has 9 heteroatoms. The van der Waals surface area contributed by atoms with E-state index in [1.54, 1.807) is 7.05 Å². The van der Waals surface area contributed by atoms with Crippen LogP contribution in [-0.2, 0) is 17.3 Å². The predicted octanol–water partition coefficient (Wildman–Crippen LogP) is 0.581. The average Bonchev–Trinajstić information content (AvgIpc) is 2.69. The van der Waals surface area contributed by atoms with E-state index < -0.39 is 10.2 Å². The topological polar surface area (TPSA) is 90.3 Å². The van der Waals surface area contributed by atoms with Crippen molar-refractivity contribution in [3.63, 3.8) is 0 Å². The molecule has 1 aromatic heterocycles. The lowest BCUT2D eigenvalue weighted by molar-refractivity contribution is 0.552. The summed E-state index contributed by atoms with van der Waals surface area (Å²) in [7, 11) is -2.98. The predicted molar refractivity (Wildman–Crippen MR) is 64.6 cm³/mol. The molecule has 6 nitrogen and oxygen atoms in total. The number of hydrogen-bond acceptors (Lipinski definition) is 6. The Morgan fingerprint density at radius 3 is 2.44 bits per heavy atom. The van der Waals surface area contributed by atoms with Crippen LogP contribution in [0.1, 0.15) is 0 Å². The third-order valence-corrected chi connectivity index (χ3v) is 4.10. The highest BCUT2D eigenvalue weighted by atomic mass is 32.3. The monoisotopic (exact) mass is 288 g/mol. The van der Waals surface area contributed by atoms with Crippen LogP contribution in [0, 0.1) is 0 Å². The van der Waals surface area contributed by atoms with Gasteiger partial charge in [-0.1, -0.05) is 23.5 Å². The Kier molecular flexibility index (Phi) is 3.18. The van der Waals surface area contributed by atoms with Crippen LogP contribution in [0.5, 0.6) is 0 Å². The third kappa shape index (κ3) is 2.41. The van der Waals surface area contributed by atoms with Crippen LogP contribution in [0.4, 0.5) is 3.89 Å². The molecular weight excluding hydrogens is 279 g/mol. The fraction of sp³-hybridized carbons (Fsp3) is 0.111. The number of hydrogen-bond donors (Lipinski definition) is 1. The lowest BCUT2D eigenvalue weighted by atomic mass is 10.2. The average molecular weight is 288 g/mol. The molecule has 0 saturated heterocycles. The van der Waals surface area contributed by atoms with Gasteiger partial charge in [-0.05, 0) is 12.1 Å². The summed E-state index contributed by atoms with van der Waals surface area (Å²) < 4.78 is 35.5. The Balaban J connectivity index is 2.47. The summed E-state index contributed by atoms with van der Waals surface area (Å²) in [5.74, 6) is 5.17. The summed E-state index contributed by atoms with van der Waals surface area (Å²) in [6, 6.07) is 5.33. The fourth-order valence-corrected chi connectivity index (χ4v) is 2.62. The molecule has 0 atom stereocenters.